The summed E-state index contributed by atoms with van der Waals surface area (Å²) in [6, 6.07) is 8.69. The van der Waals surface area contributed by atoms with E-state index in [1.54, 1.807) is 0 Å². The maximum absolute atomic E-state index is 12.2. The number of carbonyl (C=O) groups excluding carboxylic acids is 1. The van der Waals surface area contributed by atoms with Gasteiger partial charge < -0.3 is 15.2 Å². The molecule has 140 valence electrons. The lowest BCUT2D eigenvalue weighted by molar-refractivity contribution is -0.122. The summed E-state index contributed by atoms with van der Waals surface area (Å²) >= 11 is 0. The molecule has 2 heterocycles. The van der Waals surface area contributed by atoms with Crippen LogP contribution in [0.3, 0.4) is 0 Å². The average Bonchev–Trinajstić information content (AvgIpc) is 3.27. The van der Waals surface area contributed by atoms with Crippen molar-refractivity contribution in [3.63, 3.8) is 0 Å². The van der Waals surface area contributed by atoms with Crippen LogP contribution in [0.25, 0.3) is 11.0 Å². The van der Waals surface area contributed by atoms with Crippen LogP contribution in [-0.2, 0) is 4.79 Å². The molecule has 1 aromatic carbocycles. The molecule has 1 aliphatic heterocycles. The van der Waals surface area contributed by atoms with Crippen LogP contribution in [-0.4, -0.2) is 47.0 Å². The number of hydrogen-bond acceptors (Lipinski definition) is 3. The first kappa shape index (κ1) is 17.5. The van der Waals surface area contributed by atoms with Crippen molar-refractivity contribution >= 4 is 16.9 Å². The lowest BCUT2D eigenvalue weighted by Gasteiger charge is -2.27. The van der Waals surface area contributed by atoms with Crippen LogP contribution in [0.5, 0.6) is 0 Å². The number of likely N-dealkylation sites (tertiary alicyclic amines) is 1. The highest BCUT2D eigenvalue weighted by Crippen LogP contribution is 2.35. The van der Waals surface area contributed by atoms with Crippen LogP contribution in [0, 0.1) is 5.92 Å². The maximum atomic E-state index is 12.2. The molecule has 5 nitrogen and oxygen atoms in total. The number of nitrogens with zero attached hydrogens (tertiary/aromatic N) is 2. The van der Waals surface area contributed by atoms with Gasteiger partial charge in [0.1, 0.15) is 5.82 Å². The fourth-order valence-corrected chi connectivity index (χ4v) is 4.59. The molecule has 26 heavy (non-hydrogen) atoms. The van der Waals surface area contributed by atoms with Crippen molar-refractivity contribution in [1.29, 1.82) is 0 Å². The number of rotatable bonds is 5. The number of H-pyrrole nitrogens is 1. The highest BCUT2D eigenvalue weighted by atomic mass is 16.1. The number of benzene rings is 1. The number of para-hydroxylation sites is 2. The predicted octanol–water partition coefficient (Wildman–Crippen LogP) is 3.44. The Kier molecular flexibility index (Phi) is 5.25. The zero-order valence-electron chi connectivity index (χ0n) is 15.7. The van der Waals surface area contributed by atoms with Crippen LogP contribution in [0.1, 0.15) is 56.7 Å². The molecule has 2 aliphatic rings. The predicted molar refractivity (Wildman–Crippen MR) is 104 cm³/mol. The summed E-state index contributed by atoms with van der Waals surface area (Å²) in [6.45, 7) is 1.96. The van der Waals surface area contributed by atoms with E-state index in [0.29, 0.717) is 24.3 Å². The highest BCUT2D eigenvalue weighted by Gasteiger charge is 2.26. The van der Waals surface area contributed by atoms with Gasteiger partial charge in [0.05, 0.1) is 11.0 Å². The second kappa shape index (κ2) is 7.78. The standard InChI is InChI=1S/C21H30N4O/c1-25-12-4-5-17(25)13-20(26)22-14-15-8-10-16(11-9-15)21-23-18-6-2-3-7-19(18)24-21/h2-3,6-7,15-17H,4-5,8-14H2,1H3,(H,22,26)(H,23,24)/t15?,16?,17-/m1/s1. The molecule has 1 aromatic heterocycles. The van der Waals surface area contributed by atoms with Crippen molar-refractivity contribution in [3.8, 4) is 0 Å². The lowest BCUT2D eigenvalue weighted by atomic mass is 9.81. The summed E-state index contributed by atoms with van der Waals surface area (Å²) in [5.74, 6) is 2.50. The Morgan fingerprint density at radius 1 is 1.23 bits per heavy atom. The van der Waals surface area contributed by atoms with E-state index >= 15 is 0 Å². The maximum Gasteiger partial charge on any atom is 0.221 e. The van der Waals surface area contributed by atoms with Gasteiger partial charge in [-0.05, 0) is 70.2 Å². The molecule has 1 saturated carbocycles. The third kappa shape index (κ3) is 3.93. The van der Waals surface area contributed by atoms with Crippen molar-refractivity contribution < 1.29 is 4.79 Å². The van der Waals surface area contributed by atoms with Crippen molar-refractivity contribution in [2.24, 2.45) is 5.92 Å². The van der Waals surface area contributed by atoms with Gasteiger partial charge in [-0.1, -0.05) is 12.1 Å². The lowest BCUT2D eigenvalue weighted by Crippen LogP contribution is -2.36. The Balaban J connectivity index is 1.23. The van der Waals surface area contributed by atoms with Crippen molar-refractivity contribution in [1.82, 2.24) is 20.2 Å². The SMILES string of the molecule is CN1CCC[C@@H]1CC(=O)NCC1CCC(c2nc3ccccc3[nH]2)CC1. The number of aromatic amines is 1. The van der Waals surface area contributed by atoms with E-state index in [9.17, 15) is 4.79 Å². The van der Waals surface area contributed by atoms with Gasteiger partial charge >= 0.3 is 0 Å². The summed E-state index contributed by atoms with van der Waals surface area (Å²) in [4.78, 5) is 22.8. The Morgan fingerprint density at radius 3 is 2.77 bits per heavy atom. The molecule has 4 rings (SSSR count). The second-order valence-electron chi connectivity index (χ2n) is 8.14. The number of aromatic nitrogens is 2. The number of amides is 1. The quantitative estimate of drug-likeness (QED) is 0.865. The summed E-state index contributed by atoms with van der Waals surface area (Å²) in [5.41, 5.74) is 2.20. The molecule has 5 heteroatoms. The first-order chi connectivity index (χ1) is 12.7. The Morgan fingerprint density at radius 2 is 2.04 bits per heavy atom. The number of carbonyl (C=O) groups is 1. The van der Waals surface area contributed by atoms with Gasteiger partial charge in [0, 0.05) is 24.9 Å². The minimum Gasteiger partial charge on any atom is -0.356 e. The van der Waals surface area contributed by atoms with E-state index < -0.39 is 0 Å². The molecule has 2 fully saturated rings. The van der Waals surface area contributed by atoms with Crippen LogP contribution < -0.4 is 5.32 Å². The van der Waals surface area contributed by atoms with Gasteiger partial charge in [0.2, 0.25) is 5.91 Å². The normalized spacial score (nSPS) is 27.0. The van der Waals surface area contributed by atoms with Gasteiger partial charge in [-0.25, -0.2) is 4.98 Å². The minimum absolute atomic E-state index is 0.225. The van der Waals surface area contributed by atoms with Gasteiger partial charge in [-0.3, -0.25) is 4.79 Å². The van der Waals surface area contributed by atoms with Crippen LogP contribution in [0.4, 0.5) is 0 Å². The molecule has 1 amide bonds. The average molecular weight is 354 g/mol. The van der Waals surface area contributed by atoms with E-state index in [1.807, 2.05) is 12.1 Å². The molecule has 0 spiro atoms. The number of hydrogen-bond donors (Lipinski definition) is 2. The van der Waals surface area contributed by atoms with E-state index in [1.165, 1.54) is 19.3 Å². The van der Waals surface area contributed by atoms with Crippen LogP contribution in [0.2, 0.25) is 0 Å². The van der Waals surface area contributed by atoms with Crippen LogP contribution >= 0.6 is 0 Å². The van der Waals surface area contributed by atoms with Gasteiger partial charge in [0.25, 0.3) is 0 Å². The molecule has 0 radical (unpaired) electrons. The largest absolute Gasteiger partial charge is 0.356 e. The highest BCUT2D eigenvalue weighted by molar-refractivity contribution is 5.76. The second-order valence-corrected chi connectivity index (χ2v) is 8.14. The van der Waals surface area contributed by atoms with Crippen LogP contribution in [0.15, 0.2) is 24.3 Å². The summed E-state index contributed by atoms with van der Waals surface area (Å²) in [5, 5.41) is 3.19. The first-order valence-electron chi connectivity index (χ1n) is 10.1. The Labute approximate surface area is 155 Å². The minimum atomic E-state index is 0.225. The third-order valence-electron chi connectivity index (χ3n) is 6.32. The topological polar surface area (TPSA) is 61.0 Å². The van der Waals surface area contributed by atoms with Gasteiger partial charge in [-0.15, -0.1) is 0 Å². The van der Waals surface area contributed by atoms with Gasteiger partial charge in [-0.2, -0.15) is 0 Å². The van der Waals surface area contributed by atoms with E-state index in [0.717, 1.165) is 49.2 Å². The molecular weight excluding hydrogens is 324 g/mol. The van der Waals surface area contributed by atoms with Gasteiger partial charge in [0.15, 0.2) is 0 Å². The first-order valence-corrected chi connectivity index (χ1v) is 10.1. The molecule has 2 aromatic rings. The zero-order chi connectivity index (χ0) is 17.9. The van der Waals surface area contributed by atoms with E-state index in [4.69, 9.17) is 4.98 Å². The fourth-order valence-electron chi connectivity index (χ4n) is 4.59. The van der Waals surface area contributed by atoms with E-state index in [2.05, 4.69) is 34.4 Å². The third-order valence-corrected chi connectivity index (χ3v) is 6.32. The summed E-state index contributed by atoms with van der Waals surface area (Å²) in [7, 11) is 2.13. The molecule has 0 unspecified atom stereocenters. The zero-order valence-corrected chi connectivity index (χ0v) is 15.7. The number of nitrogens with one attached hydrogen (secondary N) is 2. The number of imidazole rings is 1. The number of fused-ring (bicyclic) bond motifs is 1. The van der Waals surface area contributed by atoms with E-state index in [-0.39, 0.29) is 5.91 Å². The Bertz CT molecular complexity index is 714. The molecule has 1 aliphatic carbocycles. The monoisotopic (exact) mass is 354 g/mol. The molecule has 0 bridgehead atoms. The summed E-state index contributed by atoms with van der Waals surface area (Å²) in [6.07, 6.45) is 7.70. The smallest absolute Gasteiger partial charge is 0.221 e. The van der Waals surface area contributed by atoms with Crippen molar-refractivity contribution in [2.45, 2.75) is 56.9 Å². The molecule has 2 N–H and O–H groups in total. The Hall–Kier alpha value is -1.88. The van der Waals surface area contributed by atoms with Crippen molar-refractivity contribution in [2.75, 3.05) is 20.1 Å². The van der Waals surface area contributed by atoms with Crippen molar-refractivity contribution in [3.05, 3.63) is 30.1 Å². The molecular formula is C21H30N4O. The fraction of sp³-hybridized carbons (Fsp3) is 0.619. The molecule has 1 atom stereocenters. The molecule has 1 saturated heterocycles. The summed E-state index contributed by atoms with van der Waals surface area (Å²) < 4.78 is 0.